The van der Waals surface area contributed by atoms with Gasteiger partial charge in [-0.3, -0.25) is 9.58 Å². The lowest BCUT2D eigenvalue weighted by Gasteiger charge is -2.26. The van der Waals surface area contributed by atoms with Crippen LogP contribution < -0.4 is 0 Å². The molecule has 0 N–H and O–H groups in total. The van der Waals surface area contributed by atoms with E-state index >= 15 is 0 Å². The van der Waals surface area contributed by atoms with Crippen molar-refractivity contribution in [1.82, 2.24) is 14.7 Å². The highest BCUT2D eigenvalue weighted by molar-refractivity contribution is 5.62. The van der Waals surface area contributed by atoms with Crippen LogP contribution in [0.15, 0.2) is 30.6 Å². The lowest BCUT2D eigenvalue weighted by Crippen LogP contribution is -2.38. The van der Waals surface area contributed by atoms with Gasteiger partial charge in [-0.15, -0.1) is 0 Å². The van der Waals surface area contributed by atoms with Gasteiger partial charge < -0.3 is 4.74 Å². The molecular formula is C20H32FN3O. The molecule has 0 unspecified atom stereocenters. The molecule has 1 aromatic carbocycles. The second kappa shape index (κ2) is 11.8. The van der Waals surface area contributed by atoms with Crippen LogP contribution in [0.2, 0.25) is 0 Å². The predicted octanol–water partition coefficient (Wildman–Crippen LogP) is 4.38. The van der Waals surface area contributed by atoms with E-state index in [0.717, 1.165) is 50.5 Å². The van der Waals surface area contributed by atoms with Crippen molar-refractivity contribution in [1.29, 1.82) is 0 Å². The number of hydrogen-bond acceptors (Lipinski definition) is 3. The maximum absolute atomic E-state index is 13.6. The normalized spacial score (nSPS) is 14.2. The number of hydrogen-bond donors (Lipinski definition) is 0. The first-order chi connectivity index (χ1) is 12.2. The minimum absolute atomic E-state index is 0.173. The second-order valence-electron chi connectivity index (χ2n) is 5.41. The fraction of sp³-hybridized carbons (Fsp3) is 0.550. The van der Waals surface area contributed by atoms with Gasteiger partial charge in [0.2, 0.25) is 0 Å². The molecule has 0 amide bonds. The van der Waals surface area contributed by atoms with Crippen LogP contribution in [0.1, 0.15) is 33.3 Å². The van der Waals surface area contributed by atoms with Crippen molar-refractivity contribution < 1.29 is 9.13 Å². The van der Waals surface area contributed by atoms with Crippen LogP contribution in [0, 0.1) is 12.7 Å². The number of aromatic nitrogens is 2. The molecule has 0 spiro atoms. The van der Waals surface area contributed by atoms with E-state index in [9.17, 15) is 4.39 Å². The van der Waals surface area contributed by atoms with Crippen LogP contribution in [0.25, 0.3) is 11.1 Å². The van der Waals surface area contributed by atoms with E-state index in [1.165, 1.54) is 0 Å². The van der Waals surface area contributed by atoms with Gasteiger partial charge in [-0.1, -0.05) is 39.8 Å². The van der Waals surface area contributed by atoms with Gasteiger partial charge in [0.1, 0.15) is 5.82 Å². The average molecular weight is 349 g/mol. The van der Waals surface area contributed by atoms with Gasteiger partial charge >= 0.3 is 0 Å². The Morgan fingerprint density at radius 3 is 2.36 bits per heavy atom. The standard InChI is InChI=1S/C16H20FN3O.2C2H6/c1-13-2-3-14(10-16(13)17)15-11-18-20(12-15)5-4-19-6-8-21-9-7-19;2*1-2/h2-3,10-12H,4-9H2,1H3;2*1-2H3. The number of nitrogens with zero attached hydrogens (tertiary/aromatic N) is 3. The molecule has 2 heterocycles. The molecule has 25 heavy (non-hydrogen) atoms. The largest absolute Gasteiger partial charge is 0.379 e. The summed E-state index contributed by atoms with van der Waals surface area (Å²) in [6, 6.07) is 5.30. The van der Waals surface area contributed by atoms with Crippen molar-refractivity contribution in [3.63, 3.8) is 0 Å². The summed E-state index contributed by atoms with van der Waals surface area (Å²) in [5.41, 5.74) is 2.49. The first-order valence-corrected chi connectivity index (χ1v) is 9.31. The molecule has 1 aliphatic heterocycles. The highest BCUT2D eigenvalue weighted by Crippen LogP contribution is 2.21. The third-order valence-corrected chi connectivity index (χ3v) is 3.89. The molecule has 1 saturated heterocycles. The molecule has 1 aliphatic rings. The molecule has 0 radical (unpaired) electrons. The Hall–Kier alpha value is -1.72. The summed E-state index contributed by atoms with van der Waals surface area (Å²) < 4.78 is 20.9. The van der Waals surface area contributed by atoms with E-state index in [0.29, 0.717) is 5.56 Å². The van der Waals surface area contributed by atoms with Crippen LogP contribution >= 0.6 is 0 Å². The number of rotatable bonds is 4. The Labute approximate surface area is 151 Å². The van der Waals surface area contributed by atoms with Gasteiger partial charge in [0, 0.05) is 31.4 Å². The van der Waals surface area contributed by atoms with E-state index in [-0.39, 0.29) is 5.82 Å². The highest BCUT2D eigenvalue weighted by atomic mass is 19.1. The molecule has 0 atom stereocenters. The van der Waals surface area contributed by atoms with Crippen LogP contribution in [-0.4, -0.2) is 47.5 Å². The molecule has 3 rings (SSSR count). The zero-order chi connectivity index (χ0) is 18.7. The molecule has 0 bridgehead atoms. The maximum Gasteiger partial charge on any atom is 0.126 e. The van der Waals surface area contributed by atoms with Gasteiger partial charge in [-0.2, -0.15) is 5.10 Å². The molecule has 5 heteroatoms. The Kier molecular flexibility index (Phi) is 10.0. The van der Waals surface area contributed by atoms with Gasteiger partial charge in [0.05, 0.1) is 26.0 Å². The quantitative estimate of drug-likeness (QED) is 0.820. The minimum atomic E-state index is -0.173. The topological polar surface area (TPSA) is 30.3 Å². The summed E-state index contributed by atoms with van der Waals surface area (Å²) in [5.74, 6) is -0.173. The Bertz CT molecular complexity index is 607. The van der Waals surface area contributed by atoms with Crippen LogP contribution in [0.5, 0.6) is 0 Å². The number of morpholine rings is 1. The molecule has 0 aliphatic carbocycles. The summed E-state index contributed by atoms with van der Waals surface area (Å²) in [6.07, 6.45) is 3.77. The molecular weight excluding hydrogens is 317 g/mol. The smallest absolute Gasteiger partial charge is 0.126 e. The zero-order valence-electron chi connectivity index (χ0n) is 16.3. The maximum atomic E-state index is 13.6. The fourth-order valence-corrected chi connectivity index (χ4v) is 2.48. The fourth-order valence-electron chi connectivity index (χ4n) is 2.48. The lowest BCUT2D eigenvalue weighted by atomic mass is 10.1. The van der Waals surface area contributed by atoms with Gasteiger partial charge in [-0.05, 0) is 24.1 Å². The van der Waals surface area contributed by atoms with E-state index < -0.39 is 0 Å². The van der Waals surface area contributed by atoms with Crippen molar-refractivity contribution in [2.45, 2.75) is 41.2 Å². The van der Waals surface area contributed by atoms with Gasteiger partial charge in [0.25, 0.3) is 0 Å². The minimum Gasteiger partial charge on any atom is -0.379 e. The van der Waals surface area contributed by atoms with Crippen LogP contribution in [0.4, 0.5) is 4.39 Å². The zero-order valence-corrected chi connectivity index (χ0v) is 16.3. The highest BCUT2D eigenvalue weighted by Gasteiger charge is 2.10. The first-order valence-electron chi connectivity index (χ1n) is 9.31. The summed E-state index contributed by atoms with van der Waals surface area (Å²) >= 11 is 0. The molecule has 4 nitrogen and oxygen atoms in total. The van der Waals surface area contributed by atoms with Crippen molar-refractivity contribution in [2.75, 3.05) is 32.8 Å². The van der Waals surface area contributed by atoms with Crippen molar-refractivity contribution in [3.05, 3.63) is 42.0 Å². The SMILES string of the molecule is CC.CC.Cc1ccc(-c2cnn(CCN3CCOCC3)c2)cc1F. The average Bonchev–Trinajstić information content (AvgIpc) is 3.15. The summed E-state index contributed by atoms with van der Waals surface area (Å²) in [7, 11) is 0. The summed E-state index contributed by atoms with van der Waals surface area (Å²) in [4.78, 5) is 2.37. The number of aryl methyl sites for hydroxylation is 1. The predicted molar refractivity (Wildman–Crippen MR) is 102 cm³/mol. The first kappa shape index (κ1) is 21.3. The van der Waals surface area contributed by atoms with Gasteiger partial charge in [0.15, 0.2) is 0 Å². The lowest BCUT2D eigenvalue weighted by molar-refractivity contribution is 0.0360. The Morgan fingerprint density at radius 1 is 1.04 bits per heavy atom. The van der Waals surface area contributed by atoms with E-state index in [2.05, 4.69) is 10.00 Å². The van der Waals surface area contributed by atoms with E-state index in [1.807, 2.05) is 44.6 Å². The van der Waals surface area contributed by atoms with Crippen LogP contribution in [0.3, 0.4) is 0 Å². The summed E-state index contributed by atoms with van der Waals surface area (Å²) in [5, 5.41) is 4.37. The molecule has 1 fully saturated rings. The third-order valence-electron chi connectivity index (χ3n) is 3.89. The number of benzene rings is 1. The van der Waals surface area contributed by atoms with Crippen molar-refractivity contribution >= 4 is 0 Å². The Morgan fingerprint density at radius 2 is 1.72 bits per heavy atom. The Balaban J connectivity index is 0.000000730. The second-order valence-corrected chi connectivity index (χ2v) is 5.41. The third kappa shape index (κ3) is 6.59. The van der Waals surface area contributed by atoms with Gasteiger partial charge in [-0.25, -0.2) is 4.39 Å². The van der Waals surface area contributed by atoms with E-state index in [4.69, 9.17) is 4.74 Å². The number of halogens is 1. The summed E-state index contributed by atoms with van der Waals surface area (Å²) in [6.45, 7) is 15.2. The monoisotopic (exact) mass is 349 g/mol. The molecule has 140 valence electrons. The van der Waals surface area contributed by atoms with Crippen LogP contribution in [-0.2, 0) is 11.3 Å². The number of ether oxygens (including phenoxy) is 1. The van der Waals surface area contributed by atoms with E-state index in [1.54, 1.807) is 25.3 Å². The van der Waals surface area contributed by atoms with Crippen molar-refractivity contribution in [2.24, 2.45) is 0 Å². The van der Waals surface area contributed by atoms with Crippen molar-refractivity contribution in [3.8, 4) is 11.1 Å². The molecule has 0 saturated carbocycles. The molecule has 2 aromatic rings. The molecule has 1 aromatic heterocycles.